The second kappa shape index (κ2) is 7.72. The Morgan fingerprint density at radius 3 is 2.59 bits per heavy atom. The summed E-state index contributed by atoms with van der Waals surface area (Å²) >= 11 is 0. The van der Waals surface area contributed by atoms with Gasteiger partial charge in [-0.3, -0.25) is 9.48 Å². The van der Waals surface area contributed by atoms with E-state index in [9.17, 15) is 18.0 Å². The Labute approximate surface area is 150 Å². The van der Waals surface area contributed by atoms with Crippen LogP contribution in [0, 0.1) is 17.5 Å². The Kier molecular flexibility index (Phi) is 5.20. The molecule has 0 saturated heterocycles. The van der Waals surface area contributed by atoms with E-state index in [0.717, 1.165) is 0 Å². The average molecular weight is 378 g/mol. The van der Waals surface area contributed by atoms with Crippen LogP contribution < -0.4 is 10.6 Å². The number of hydrogen-bond donors (Lipinski definition) is 3. The number of hydrogen-bond acceptors (Lipinski definition) is 6. The van der Waals surface area contributed by atoms with E-state index >= 15 is 0 Å². The summed E-state index contributed by atoms with van der Waals surface area (Å²) < 4.78 is 41.5. The van der Waals surface area contributed by atoms with Gasteiger partial charge in [0.1, 0.15) is 29.8 Å². The van der Waals surface area contributed by atoms with Crippen molar-refractivity contribution in [3.63, 3.8) is 0 Å². The minimum Gasteiger partial charge on any atom is -0.480 e. The number of benzene rings is 1. The molecule has 3 rings (SSSR count). The lowest BCUT2D eigenvalue weighted by molar-refractivity contribution is -0.137. The van der Waals surface area contributed by atoms with E-state index in [1.54, 1.807) is 0 Å². The van der Waals surface area contributed by atoms with Gasteiger partial charge >= 0.3 is 5.97 Å². The van der Waals surface area contributed by atoms with Crippen LogP contribution in [0.15, 0.2) is 36.7 Å². The Hall–Kier alpha value is -3.63. The molecule has 0 aliphatic heterocycles. The smallest absolute Gasteiger partial charge is 0.325 e. The van der Waals surface area contributed by atoms with Gasteiger partial charge in [-0.1, -0.05) is 0 Å². The lowest BCUT2D eigenvalue weighted by Gasteiger charge is -2.09. The molecule has 1 aromatic carbocycles. The molecule has 0 unspecified atom stereocenters. The van der Waals surface area contributed by atoms with Crippen LogP contribution in [0.5, 0.6) is 0 Å². The molecule has 0 saturated carbocycles. The molecule has 0 radical (unpaired) electrons. The molecule has 3 N–H and O–H groups in total. The first-order valence-electron chi connectivity index (χ1n) is 7.63. The monoisotopic (exact) mass is 378 g/mol. The van der Waals surface area contributed by atoms with Gasteiger partial charge in [0.15, 0.2) is 5.82 Å². The molecule has 11 heteroatoms. The minimum absolute atomic E-state index is 0.139. The van der Waals surface area contributed by atoms with Gasteiger partial charge in [0.2, 0.25) is 5.95 Å². The lowest BCUT2D eigenvalue weighted by atomic mass is 10.2. The molecule has 0 amide bonds. The Morgan fingerprint density at radius 1 is 1.15 bits per heavy atom. The minimum atomic E-state index is -1.03. The Bertz CT molecular complexity index is 955. The van der Waals surface area contributed by atoms with E-state index in [-0.39, 0.29) is 30.4 Å². The number of aromatic nitrogens is 4. The summed E-state index contributed by atoms with van der Waals surface area (Å²) in [6, 6.07) is 4.21. The summed E-state index contributed by atoms with van der Waals surface area (Å²) in [5.41, 5.74) is -0.322. The lowest BCUT2D eigenvalue weighted by Crippen LogP contribution is -2.10. The zero-order valence-electron chi connectivity index (χ0n) is 13.7. The molecule has 8 nitrogen and oxygen atoms in total. The van der Waals surface area contributed by atoms with Gasteiger partial charge in [0.25, 0.3) is 0 Å². The molecule has 0 bridgehead atoms. The quantitative estimate of drug-likeness (QED) is 0.580. The molecule has 0 aliphatic rings. The fraction of sp³-hybridized carbons (Fsp3) is 0.125. The maximum Gasteiger partial charge on any atom is 0.325 e. The number of nitrogens with zero attached hydrogens (tertiary/aromatic N) is 4. The number of carboxylic acids is 1. The van der Waals surface area contributed by atoms with Crippen molar-refractivity contribution in [1.82, 2.24) is 19.7 Å². The number of rotatable bonds is 7. The number of halogens is 3. The van der Waals surface area contributed by atoms with E-state index in [4.69, 9.17) is 5.11 Å². The third kappa shape index (κ3) is 4.71. The van der Waals surface area contributed by atoms with Crippen molar-refractivity contribution in [2.75, 3.05) is 10.6 Å². The molecule has 2 aromatic heterocycles. The van der Waals surface area contributed by atoms with E-state index in [2.05, 4.69) is 25.7 Å². The van der Waals surface area contributed by atoms with E-state index in [0.29, 0.717) is 18.0 Å². The largest absolute Gasteiger partial charge is 0.480 e. The average Bonchev–Trinajstić information content (AvgIpc) is 3.00. The summed E-state index contributed by atoms with van der Waals surface area (Å²) in [6.07, 6.45) is 2.88. The van der Waals surface area contributed by atoms with Crippen LogP contribution in [0.3, 0.4) is 0 Å². The van der Waals surface area contributed by atoms with Gasteiger partial charge in [0.05, 0.1) is 0 Å². The van der Waals surface area contributed by atoms with Gasteiger partial charge in [-0.25, -0.2) is 18.2 Å². The zero-order valence-corrected chi connectivity index (χ0v) is 13.7. The Morgan fingerprint density at radius 2 is 1.89 bits per heavy atom. The number of nitrogens with one attached hydrogen (secondary N) is 2. The first-order chi connectivity index (χ1) is 12.9. The molecule has 3 aromatic rings. The summed E-state index contributed by atoms with van der Waals surface area (Å²) in [5, 5.41) is 18.2. The summed E-state index contributed by atoms with van der Waals surface area (Å²) in [5.74, 6) is -3.31. The third-order valence-electron chi connectivity index (χ3n) is 3.39. The topological polar surface area (TPSA) is 105 Å². The maximum atomic E-state index is 13.7. The highest BCUT2D eigenvalue weighted by Crippen LogP contribution is 2.17. The predicted molar refractivity (Wildman–Crippen MR) is 88.8 cm³/mol. The van der Waals surface area contributed by atoms with Crippen LogP contribution in [0.4, 0.5) is 30.8 Å². The standard InChI is InChI=1S/C16H13F3N6O2/c17-9-5-11(18)10(12(19)6-9)7-21-13-1-3-20-16(22-13)23-14-2-4-25(24-14)8-15(26)27/h1-6H,7-8H2,(H,26,27)(H2,20,21,22,23,24). The molecule has 0 aliphatic carbocycles. The molecular formula is C16H13F3N6O2. The first kappa shape index (κ1) is 18.2. The summed E-state index contributed by atoms with van der Waals surface area (Å²) in [4.78, 5) is 18.7. The van der Waals surface area contributed by atoms with E-state index in [1.165, 1.54) is 29.2 Å². The molecule has 27 heavy (non-hydrogen) atoms. The third-order valence-corrected chi connectivity index (χ3v) is 3.39. The summed E-state index contributed by atoms with van der Waals surface area (Å²) in [7, 11) is 0. The number of carboxylic acid groups (broad SMARTS) is 1. The van der Waals surface area contributed by atoms with Crippen molar-refractivity contribution in [1.29, 1.82) is 0 Å². The first-order valence-corrected chi connectivity index (χ1v) is 7.63. The van der Waals surface area contributed by atoms with Gasteiger partial charge in [0, 0.05) is 42.7 Å². The van der Waals surface area contributed by atoms with Crippen molar-refractivity contribution in [3.8, 4) is 0 Å². The van der Waals surface area contributed by atoms with Crippen LogP contribution in [0.1, 0.15) is 5.56 Å². The molecule has 0 fully saturated rings. The van der Waals surface area contributed by atoms with Crippen LogP contribution in [0.25, 0.3) is 0 Å². The maximum absolute atomic E-state index is 13.7. The van der Waals surface area contributed by atoms with Crippen molar-refractivity contribution in [2.45, 2.75) is 13.1 Å². The SMILES string of the molecule is O=C(O)Cn1ccc(Nc2nccc(NCc3c(F)cc(F)cc3F)n2)n1. The zero-order chi connectivity index (χ0) is 19.4. The molecular weight excluding hydrogens is 365 g/mol. The van der Waals surface area contributed by atoms with Crippen LogP contribution >= 0.6 is 0 Å². The van der Waals surface area contributed by atoms with Gasteiger partial charge in [-0.15, -0.1) is 0 Å². The highest BCUT2D eigenvalue weighted by atomic mass is 19.1. The number of carbonyl (C=O) groups is 1. The summed E-state index contributed by atoms with van der Waals surface area (Å²) in [6.45, 7) is -0.541. The molecule has 140 valence electrons. The normalized spacial score (nSPS) is 10.6. The van der Waals surface area contributed by atoms with Crippen LogP contribution in [-0.2, 0) is 17.9 Å². The predicted octanol–water partition coefficient (Wildman–Crippen LogP) is 2.53. The second-order valence-electron chi connectivity index (χ2n) is 5.38. The highest BCUT2D eigenvalue weighted by molar-refractivity contribution is 5.66. The molecule has 2 heterocycles. The van der Waals surface area contributed by atoms with Crippen molar-refractivity contribution in [2.24, 2.45) is 0 Å². The second-order valence-corrected chi connectivity index (χ2v) is 5.38. The number of aliphatic carboxylic acids is 1. The van der Waals surface area contributed by atoms with Crippen molar-refractivity contribution >= 4 is 23.6 Å². The fourth-order valence-corrected chi connectivity index (χ4v) is 2.21. The van der Waals surface area contributed by atoms with Crippen molar-refractivity contribution in [3.05, 3.63) is 59.7 Å². The van der Waals surface area contributed by atoms with Gasteiger partial charge in [-0.05, 0) is 6.07 Å². The van der Waals surface area contributed by atoms with Crippen molar-refractivity contribution < 1.29 is 23.1 Å². The van der Waals surface area contributed by atoms with E-state index < -0.39 is 23.4 Å². The van der Waals surface area contributed by atoms with Gasteiger partial charge in [-0.2, -0.15) is 10.1 Å². The van der Waals surface area contributed by atoms with Crippen LogP contribution in [-0.4, -0.2) is 30.8 Å². The van der Waals surface area contributed by atoms with Crippen LogP contribution in [0.2, 0.25) is 0 Å². The highest BCUT2D eigenvalue weighted by Gasteiger charge is 2.12. The fourth-order valence-electron chi connectivity index (χ4n) is 2.21. The Balaban J connectivity index is 1.67. The number of anilines is 3. The van der Waals surface area contributed by atoms with E-state index in [1.807, 2.05) is 0 Å². The van der Waals surface area contributed by atoms with Gasteiger partial charge < -0.3 is 15.7 Å². The molecule has 0 atom stereocenters. The molecule has 0 spiro atoms.